The van der Waals surface area contributed by atoms with Gasteiger partial charge < -0.3 is 14.2 Å². The molecule has 0 aliphatic rings. The molecule has 2 aromatic rings. The zero-order valence-electron chi connectivity index (χ0n) is 12.2. The number of para-hydroxylation sites is 1. The minimum absolute atomic E-state index is 0.202. The highest BCUT2D eigenvalue weighted by Gasteiger charge is 2.14. The number of carbonyl (C=O) groups excluding carboxylic acids is 1. The number of benzene rings is 2. The Bertz CT molecular complexity index is 583. The molecule has 2 rings (SSSR count). The van der Waals surface area contributed by atoms with Crippen LogP contribution in [-0.2, 0) is 9.53 Å². The fourth-order valence-corrected chi connectivity index (χ4v) is 1.90. The van der Waals surface area contributed by atoms with E-state index in [9.17, 15) is 4.79 Å². The van der Waals surface area contributed by atoms with Crippen molar-refractivity contribution < 1.29 is 19.0 Å². The van der Waals surface area contributed by atoms with Crippen molar-refractivity contribution in [2.75, 3.05) is 13.2 Å². The first kappa shape index (κ1) is 16.2. The molecule has 4 nitrogen and oxygen atoms in total. The van der Waals surface area contributed by atoms with Crippen molar-refractivity contribution >= 4 is 17.6 Å². The lowest BCUT2D eigenvalue weighted by atomic mass is 10.3. The Morgan fingerprint density at radius 1 is 0.955 bits per heavy atom. The summed E-state index contributed by atoms with van der Waals surface area (Å²) in [6.45, 7) is 1.78. The number of halogens is 1. The predicted octanol–water partition coefficient (Wildman–Crippen LogP) is 3.73. The first-order valence-electron chi connectivity index (χ1n) is 6.87. The van der Waals surface area contributed by atoms with Gasteiger partial charge in [0.25, 0.3) is 0 Å². The summed E-state index contributed by atoms with van der Waals surface area (Å²) in [4.78, 5) is 11.2. The van der Waals surface area contributed by atoms with Gasteiger partial charge in [0.15, 0.2) is 6.10 Å². The monoisotopic (exact) mass is 320 g/mol. The highest BCUT2D eigenvalue weighted by molar-refractivity contribution is 6.30. The Balaban J connectivity index is 1.88. The van der Waals surface area contributed by atoms with Crippen molar-refractivity contribution in [1.29, 1.82) is 0 Å². The number of esters is 1. The molecular formula is C17H17ClO4. The van der Waals surface area contributed by atoms with Crippen LogP contribution in [0.2, 0.25) is 5.02 Å². The molecule has 0 aliphatic heterocycles. The third-order valence-corrected chi connectivity index (χ3v) is 3.01. The van der Waals surface area contributed by atoms with Crippen molar-refractivity contribution in [1.82, 2.24) is 0 Å². The van der Waals surface area contributed by atoms with Crippen LogP contribution >= 0.6 is 11.6 Å². The summed E-state index contributed by atoms with van der Waals surface area (Å²) in [5.74, 6) is 0.994. The predicted molar refractivity (Wildman–Crippen MR) is 84.4 cm³/mol. The van der Waals surface area contributed by atoms with E-state index in [0.717, 1.165) is 0 Å². The van der Waals surface area contributed by atoms with Gasteiger partial charge in [-0.3, -0.25) is 4.79 Å². The molecule has 116 valence electrons. The molecule has 0 aromatic heterocycles. The molecule has 0 bridgehead atoms. The molecule has 5 heteroatoms. The molecule has 0 heterocycles. The van der Waals surface area contributed by atoms with E-state index in [1.807, 2.05) is 30.3 Å². The molecule has 0 radical (unpaired) electrons. The fraction of sp³-hybridized carbons (Fsp3) is 0.235. The van der Waals surface area contributed by atoms with E-state index >= 15 is 0 Å². The lowest BCUT2D eigenvalue weighted by molar-refractivity contribution is -0.149. The van der Waals surface area contributed by atoms with E-state index in [2.05, 4.69) is 0 Å². The number of hydrogen-bond acceptors (Lipinski definition) is 4. The van der Waals surface area contributed by atoms with E-state index in [1.54, 1.807) is 24.3 Å². The minimum atomic E-state index is -0.492. The van der Waals surface area contributed by atoms with Crippen LogP contribution in [0.4, 0.5) is 0 Å². The number of hydrogen-bond donors (Lipinski definition) is 0. The van der Waals surface area contributed by atoms with Crippen molar-refractivity contribution in [3.8, 4) is 11.5 Å². The zero-order valence-corrected chi connectivity index (χ0v) is 13.0. The van der Waals surface area contributed by atoms with E-state index < -0.39 is 6.10 Å². The smallest absolute Gasteiger partial charge is 0.303 e. The highest BCUT2D eigenvalue weighted by atomic mass is 35.5. The topological polar surface area (TPSA) is 44.8 Å². The molecule has 0 saturated carbocycles. The van der Waals surface area contributed by atoms with Gasteiger partial charge in [-0.2, -0.15) is 0 Å². The lowest BCUT2D eigenvalue weighted by Gasteiger charge is -2.18. The lowest BCUT2D eigenvalue weighted by Crippen LogP contribution is -2.30. The van der Waals surface area contributed by atoms with Crippen molar-refractivity contribution in [3.05, 3.63) is 59.6 Å². The minimum Gasteiger partial charge on any atom is -0.490 e. The average molecular weight is 321 g/mol. The van der Waals surface area contributed by atoms with Gasteiger partial charge in [0.1, 0.15) is 24.7 Å². The highest BCUT2D eigenvalue weighted by Crippen LogP contribution is 2.16. The third-order valence-electron chi connectivity index (χ3n) is 2.76. The van der Waals surface area contributed by atoms with E-state index in [-0.39, 0.29) is 19.2 Å². The summed E-state index contributed by atoms with van der Waals surface area (Å²) in [5.41, 5.74) is 0. The van der Waals surface area contributed by atoms with Gasteiger partial charge in [-0.1, -0.05) is 29.8 Å². The average Bonchev–Trinajstić information content (AvgIpc) is 2.52. The summed E-state index contributed by atoms with van der Waals surface area (Å²) in [6, 6.07) is 16.3. The van der Waals surface area contributed by atoms with E-state index in [4.69, 9.17) is 25.8 Å². The Morgan fingerprint density at radius 3 is 2.05 bits per heavy atom. The SMILES string of the molecule is CC(=O)OC(COc1ccccc1)COc1ccc(Cl)cc1. The molecule has 0 aliphatic carbocycles. The summed E-state index contributed by atoms with van der Waals surface area (Å²) in [6.07, 6.45) is -0.492. The van der Waals surface area contributed by atoms with E-state index in [0.29, 0.717) is 16.5 Å². The standard InChI is InChI=1S/C17H17ClO4/c1-13(19)22-17(11-20-15-5-3-2-4-6-15)12-21-16-9-7-14(18)8-10-16/h2-10,17H,11-12H2,1H3. The van der Waals surface area contributed by atoms with Gasteiger partial charge in [-0.25, -0.2) is 0 Å². The van der Waals surface area contributed by atoms with Gasteiger partial charge in [0, 0.05) is 11.9 Å². The van der Waals surface area contributed by atoms with Crippen LogP contribution in [0.5, 0.6) is 11.5 Å². The largest absolute Gasteiger partial charge is 0.490 e. The van der Waals surface area contributed by atoms with Gasteiger partial charge in [-0.05, 0) is 36.4 Å². The summed E-state index contributed by atoms with van der Waals surface area (Å²) < 4.78 is 16.4. The molecule has 0 spiro atoms. The molecule has 22 heavy (non-hydrogen) atoms. The van der Waals surface area contributed by atoms with Crippen LogP contribution in [-0.4, -0.2) is 25.3 Å². The zero-order chi connectivity index (χ0) is 15.8. The molecule has 0 amide bonds. The van der Waals surface area contributed by atoms with Crippen LogP contribution in [0, 0.1) is 0 Å². The molecule has 1 unspecified atom stereocenters. The normalized spacial score (nSPS) is 11.5. The van der Waals surface area contributed by atoms with Crippen molar-refractivity contribution in [2.24, 2.45) is 0 Å². The van der Waals surface area contributed by atoms with E-state index in [1.165, 1.54) is 6.92 Å². The van der Waals surface area contributed by atoms with Crippen LogP contribution in [0.3, 0.4) is 0 Å². The van der Waals surface area contributed by atoms with Gasteiger partial charge in [0.05, 0.1) is 0 Å². The molecule has 2 aromatic carbocycles. The first-order valence-corrected chi connectivity index (χ1v) is 7.25. The first-order chi connectivity index (χ1) is 10.6. The third kappa shape index (κ3) is 5.66. The quantitative estimate of drug-likeness (QED) is 0.729. The van der Waals surface area contributed by atoms with Crippen molar-refractivity contribution in [2.45, 2.75) is 13.0 Å². The Morgan fingerprint density at radius 2 is 1.50 bits per heavy atom. The second-order valence-corrected chi connectivity index (χ2v) is 5.06. The van der Waals surface area contributed by atoms with Crippen molar-refractivity contribution in [3.63, 3.8) is 0 Å². The Kier molecular flexibility index (Phi) is 6.10. The Hall–Kier alpha value is -2.20. The maximum Gasteiger partial charge on any atom is 0.303 e. The molecule has 0 saturated heterocycles. The number of carbonyl (C=O) groups is 1. The van der Waals surface area contributed by atoms with Gasteiger partial charge in [-0.15, -0.1) is 0 Å². The number of rotatable bonds is 7. The van der Waals surface area contributed by atoms with Gasteiger partial charge >= 0.3 is 5.97 Å². The summed E-state index contributed by atoms with van der Waals surface area (Å²) in [7, 11) is 0. The molecule has 0 fully saturated rings. The molecule has 0 N–H and O–H groups in total. The summed E-state index contributed by atoms with van der Waals surface area (Å²) in [5, 5.41) is 0.635. The fourth-order valence-electron chi connectivity index (χ4n) is 1.78. The number of ether oxygens (including phenoxy) is 3. The second-order valence-electron chi connectivity index (χ2n) is 4.62. The van der Waals surface area contributed by atoms with Gasteiger partial charge in [0.2, 0.25) is 0 Å². The van der Waals surface area contributed by atoms with Crippen LogP contribution in [0.1, 0.15) is 6.92 Å². The maximum atomic E-state index is 11.2. The van der Waals surface area contributed by atoms with Crippen LogP contribution in [0.25, 0.3) is 0 Å². The van der Waals surface area contributed by atoms with Crippen LogP contribution in [0.15, 0.2) is 54.6 Å². The summed E-state index contributed by atoms with van der Waals surface area (Å²) >= 11 is 5.82. The molecular weight excluding hydrogens is 304 g/mol. The Labute approximate surface area is 134 Å². The second kappa shape index (κ2) is 8.29. The maximum absolute atomic E-state index is 11.2. The van der Waals surface area contributed by atoms with Crippen LogP contribution < -0.4 is 9.47 Å². The molecule has 1 atom stereocenters.